The van der Waals surface area contributed by atoms with Crippen LogP contribution < -0.4 is 5.32 Å². The van der Waals surface area contributed by atoms with Gasteiger partial charge < -0.3 is 10.3 Å². The predicted molar refractivity (Wildman–Crippen MR) is 60.3 cm³/mol. The maximum Gasteiger partial charge on any atom is 0.128 e. The summed E-state index contributed by atoms with van der Waals surface area (Å²) in [7, 11) is 1.95. The van der Waals surface area contributed by atoms with E-state index in [-0.39, 0.29) is 0 Å². The summed E-state index contributed by atoms with van der Waals surface area (Å²) >= 11 is 3.48. The van der Waals surface area contributed by atoms with Gasteiger partial charge in [-0.1, -0.05) is 12.8 Å². The lowest BCUT2D eigenvalue weighted by atomic mass is 10.1. The second kappa shape index (κ2) is 4.45. The summed E-state index contributed by atoms with van der Waals surface area (Å²) < 4.78 is 0.966. The van der Waals surface area contributed by atoms with Crippen molar-refractivity contribution in [3.63, 3.8) is 0 Å². The van der Waals surface area contributed by atoms with Crippen molar-refractivity contribution in [1.29, 1.82) is 0 Å². The summed E-state index contributed by atoms with van der Waals surface area (Å²) in [5.41, 5.74) is 1.16. The fourth-order valence-electron chi connectivity index (χ4n) is 2.09. The molecule has 1 fully saturated rings. The highest BCUT2D eigenvalue weighted by molar-refractivity contribution is 9.10. The number of rotatable bonds is 3. The summed E-state index contributed by atoms with van der Waals surface area (Å²) in [5.74, 6) is 1.83. The van der Waals surface area contributed by atoms with Crippen LogP contribution in [0, 0.1) is 0 Å². The van der Waals surface area contributed by atoms with Gasteiger partial charge in [0.25, 0.3) is 0 Å². The zero-order chi connectivity index (χ0) is 9.97. The fourth-order valence-corrected chi connectivity index (χ4v) is 2.52. The van der Waals surface area contributed by atoms with Gasteiger partial charge in [-0.05, 0) is 35.8 Å². The molecule has 0 bridgehead atoms. The number of nitrogens with one attached hydrogen (secondary N) is 2. The number of aromatic nitrogens is 2. The lowest BCUT2D eigenvalue weighted by Gasteiger charge is -2.03. The Balaban J connectivity index is 2.14. The Bertz CT molecular complexity index is 302. The minimum absolute atomic E-state index is 0.664. The molecule has 0 aliphatic heterocycles. The van der Waals surface area contributed by atoms with Crippen LogP contribution in [0.15, 0.2) is 4.60 Å². The highest BCUT2D eigenvalue weighted by atomic mass is 79.9. The first kappa shape index (κ1) is 10.2. The van der Waals surface area contributed by atoms with Crippen LogP contribution in [-0.4, -0.2) is 17.0 Å². The molecule has 0 amide bonds. The van der Waals surface area contributed by atoms with Gasteiger partial charge in [0.1, 0.15) is 10.4 Å². The lowest BCUT2D eigenvalue weighted by molar-refractivity contribution is 0.673. The van der Waals surface area contributed by atoms with Crippen LogP contribution in [0.5, 0.6) is 0 Å². The topological polar surface area (TPSA) is 40.7 Å². The number of hydrogen-bond donors (Lipinski definition) is 2. The van der Waals surface area contributed by atoms with E-state index in [2.05, 4.69) is 31.2 Å². The summed E-state index contributed by atoms with van der Waals surface area (Å²) in [6.07, 6.45) is 5.28. The minimum Gasteiger partial charge on any atom is -0.344 e. The van der Waals surface area contributed by atoms with E-state index in [0.29, 0.717) is 5.92 Å². The first-order valence-corrected chi connectivity index (χ1v) is 5.99. The molecular weight excluding hydrogens is 242 g/mol. The largest absolute Gasteiger partial charge is 0.344 e. The number of aromatic amines is 1. The Labute approximate surface area is 92.8 Å². The quantitative estimate of drug-likeness (QED) is 0.874. The number of nitrogens with zero attached hydrogens (tertiary/aromatic N) is 1. The van der Waals surface area contributed by atoms with Gasteiger partial charge >= 0.3 is 0 Å². The van der Waals surface area contributed by atoms with Crippen LogP contribution in [0.2, 0.25) is 0 Å². The van der Waals surface area contributed by atoms with Gasteiger partial charge in [0.15, 0.2) is 0 Å². The molecule has 3 nitrogen and oxygen atoms in total. The molecule has 4 heteroatoms. The van der Waals surface area contributed by atoms with Gasteiger partial charge in [-0.25, -0.2) is 4.98 Å². The van der Waals surface area contributed by atoms with Crippen LogP contribution >= 0.6 is 15.9 Å². The van der Waals surface area contributed by atoms with Crippen molar-refractivity contribution >= 4 is 15.9 Å². The zero-order valence-corrected chi connectivity index (χ0v) is 10.0. The number of halogens is 1. The van der Waals surface area contributed by atoms with E-state index >= 15 is 0 Å². The summed E-state index contributed by atoms with van der Waals surface area (Å²) in [5, 5.41) is 3.13. The SMILES string of the molecule is CNCc1[nH]c(C2CCCC2)nc1Br. The molecule has 1 aromatic rings. The Morgan fingerprint density at radius 1 is 1.50 bits per heavy atom. The second-order valence-electron chi connectivity index (χ2n) is 3.90. The maximum absolute atomic E-state index is 4.53. The standard InChI is InChI=1S/C10H16BrN3/c1-12-6-8-9(11)14-10(13-8)7-4-2-3-5-7/h7,12H,2-6H2,1H3,(H,13,14). The Hall–Kier alpha value is -0.350. The molecule has 0 aromatic carbocycles. The smallest absolute Gasteiger partial charge is 0.128 e. The number of H-pyrrole nitrogens is 1. The molecule has 1 aliphatic carbocycles. The molecule has 2 N–H and O–H groups in total. The molecule has 0 saturated heterocycles. The summed E-state index contributed by atoms with van der Waals surface area (Å²) in [6.45, 7) is 0.848. The van der Waals surface area contributed by atoms with E-state index in [1.54, 1.807) is 0 Å². The molecule has 1 saturated carbocycles. The number of hydrogen-bond acceptors (Lipinski definition) is 2. The van der Waals surface area contributed by atoms with Gasteiger partial charge in [-0.2, -0.15) is 0 Å². The molecule has 0 unspecified atom stereocenters. The van der Waals surface area contributed by atoms with Gasteiger partial charge in [0.05, 0.1) is 5.69 Å². The average Bonchev–Trinajstić information content (AvgIpc) is 2.76. The van der Waals surface area contributed by atoms with E-state index in [9.17, 15) is 0 Å². The minimum atomic E-state index is 0.664. The van der Waals surface area contributed by atoms with Crippen molar-refractivity contribution in [1.82, 2.24) is 15.3 Å². The third-order valence-electron chi connectivity index (χ3n) is 2.84. The zero-order valence-electron chi connectivity index (χ0n) is 8.44. The van der Waals surface area contributed by atoms with E-state index in [1.165, 1.54) is 31.5 Å². The van der Waals surface area contributed by atoms with E-state index in [1.807, 2.05) is 7.05 Å². The van der Waals surface area contributed by atoms with Crippen molar-refractivity contribution in [2.75, 3.05) is 7.05 Å². The molecule has 1 aliphatic rings. The van der Waals surface area contributed by atoms with Gasteiger partial charge in [-0.3, -0.25) is 0 Å². The molecule has 14 heavy (non-hydrogen) atoms. The Morgan fingerprint density at radius 3 is 2.86 bits per heavy atom. The second-order valence-corrected chi connectivity index (χ2v) is 4.65. The fraction of sp³-hybridized carbons (Fsp3) is 0.700. The first-order valence-electron chi connectivity index (χ1n) is 5.20. The van der Waals surface area contributed by atoms with Gasteiger partial charge in [-0.15, -0.1) is 0 Å². The molecule has 78 valence electrons. The van der Waals surface area contributed by atoms with Crippen molar-refractivity contribution in [3.05, 3.63) is 16.1 Å². The summed E-state index contributed by atoms with van der Waals surface area (Å²) in [6, 6.07) is 0. The van der Waals surface area contributed by atoms with Crippen molar-refractivity contribution in [2.45, 2.75) is 38.1 Å². The van der Waals surface area contributed by atoms with Crippen LogP contribution in [-0.2, 0) is 6.54 Å². The third-order valence-corrected chi connectivity index (χ3v) is 3.50. The predicted octanol–water partition coefficient (Wildman–Crippen LogP) is 2.55. The van der Waals surface area contributed by atoms with Crippen LogP contribution in [0.3, 0.4) is 0 Å². The molecule has 1 aromatic heterocycles. The van der Waals surface area contributed by atoms with E-state index < -0.39 is 0 Å². The van der Waals surface area contributed by atoms with Crippen molar-refractivity contribution < 1.29 is 0 Å². The monoisotopic (exact) mass is 257 g/mol. The van der Waals surface area contributed by atoms with Crippen LogP contribution in [0.4, 0.5) is 0 Å². The van der Waals surface area contributed by atoms with Gasteiger partial charge in [0.2, 0.25) is 0 Å². The third kappa shape index (κ3) is 2.01. The first-order chi connectivity index (χ1) is 6.81. The molecule has 0 spiro atoms. The van der Waals surface area contributed by atoms with Crippen LogP contribution in [0.1, 0.15) is 43.1 Å². The van der Waals surface area contributed by atoms with Gasteiger partial charge in [0, 0.05) is 12.5 Å². The lowest BCUT2D eigenvalue weighted by Crippen LogP contribution is -2.06. The van der Waals surface area contributed by atoms with E-state index in [0.717, 1.165) is 16.8 Å². The highest BCUT2D eigenvalue weighted by Crippen LogP contribution is 2.33. The highest BCUT2D eigenvalue weighted by Gasteiger charge is 2.21. The van der Waals surface area contributed by atoms with E-state index in [4.69, 9.17) is 0 Å². The van der Waals surface area contributed by atoms with Crippen molar-refractivity contribution in [2.24, 2.45) is 0 Å². The number of imidazole rings is 1. The average molecular weight is 258 g/mol. The Kier molecular flexibility index (Phi) is 3.23. The molecule has 0 atom stereocenters. The molecule has 2 rings (SSSR count). The molecule has 0 radical (unpaired) electrons. The Morgan fingerprint density at radius 2 is 2.21 bits per heavy atom. The maximum atomic E-state index is 4.53. The molecular formula is C10H16BrN3. The summed E-state index contributed by atoms with van der Waals surface area (Å²) in [4.78, 5) is 7.94. The van der Waals surface area contributed by atoms with Crippen molar-refractivity contribution in [3.8, 4) is 0 Å². The molecule has 1 heterocycles. The van der Waals surface area contributed by atoms with Crippen LogP contribution in [0.25, 0.3) is 0 Å². The normalized spacial score (nSPS) is 17.9.